The van der Waals surface area contributed by atoms with Crippen LogP contribution in [-0.4, -0.2) is 32.0 Å². The number of nitrogens with two attached hydrogens (primary N) is 2. The Morgan fingerprint density at radius 1 is 0.857 bits per heavy atom. The number of carbonyl (C=O) groups excluding carboxylic acids is 4. The number of primary amides is 2. The standard InChI is InChI=1S/C10H10N4O6S/c11-7(15)9(17)13-5-1-3-6(4-2-5)21(19,20)14-10(18)8(12)16/h1-4H,(H2,11,15)(H2,12,16)(H,13,17)(H,14,18). The molecule has 0 saturated heterocycles. The summed E-state index contributed by atoms with van der Waals surface area (Å²) in [6.07, 6.45) is 0. The van der Waals surface area contributed by atoms with Gasteiger partial charge in [-0.3, -0.25) is 19.2 Å². The Morgan fingerprint density at radius 2 is 1.33 bits per heavy atom. The van der Waals surface area contributed by atoms with Gasteiger partial charge in [-0.1, -0.05) is 0 Å². The van der Waals surface area contributed by atoms with Crippen molar-refractivity contribution in [2.24, 2.45) is 11.5 Å². The number of rotatable bonds is 3. The van der Waals surface area contributed by atoms with E-state index in [0.717, 1.165) is 24.3 Å². The SMILES string of the molecule is NC(=O)C(=O)Nc1ccc(S(=O)(=O)NC(=O)C(N)=O)cc1. The Kier molecular flexibility index (Phi) is 4.60. The molecule has 0 radical (unpaired) electrons. The van der Waals surface area contributed by atoms with Crippen molar-refractivity contribution in [3.05, 3.63) is 24.3 Å². The van der Waals surface area contributed by atoms with E-state index >= 15 is 0 Å². The largest absolute Gasteiger partial charge is 0.361 e. The van der Waals surface area contributed by atoms with Crippen molar-refractivity contribution < 1.29 is 27.6 Å². The summed E-state index contributed by atoms with van der Waals surface area (Å²) < 4.78 is 24.8. The van der Waals surface area contributed by atoms with E-state index in [2.05, 4.69) is 11.1 Å². The number of hydrogen-bond acceptors (Lipinski definition) is 6. The fourth-order valence-corrected chi connectivity index (χ4v) is 2.10. The molecule has 0 atom stereocenters. The molecule has 21 heavy (non-hydrogen) atoms. The predicted octanol–water partition coefficient (Wildman–Crippen LogP) is -2.60. The minimum atomic E-state index is -4.27. The van der Waals surface area contributed by atoms with Crippen LogP contribution in [0.1, 0.15) is 0 Å². The fraction of sp³-hybridized carbons (Fsp3) is 0. The van der Waals surface area contributed by atoms with Gasteiger partial charge in [0.05, 0.1) is 4.90 Å². The zero-order valence-electron chi connectivity index (χ0n) is 10.3. The Balaban J connectivity index is 2.91. The first-order chi connectivity index (χ1) is 9.63. The highest BCUT2D eigenvalue weighted by atomic mass is 32.2. The van der Waals surface area contributed by atoms with Gasteiger partial charge in [0.15, 0.2) is 0 Å². The van der Waals surface area contributed by atoms with Crippen LogP contribution in [0.5, 0.6) is 0 Å². The number of carbonyl (C=O) groups is 4. The number of amides is 4. The average Bonchev–Trinajstić information content (AvgIpc) is 2.38. The number of nitrogens with one attached hydrogen (secondary N) is 2. The van der Waals surface area contributed by atoms with E-state index in [-0.39, 0.29) is 10.6 Å². The fourth-order valence-electron chi connectivity index (χ4n) is 1.14. The lowest BCUT2D eigenvalue weighted by Gasteiger charge is -2.06. The van der Waals surface area contributed by atoms with Crippen LogP contribution in [0.2, 0.25) is 0 Å². The average molecular weight is 314 g/mol. The summed E-state index contributed by atoms with van der Waals surface area (Å²) in [6.45, 7) is 0. The van der Waals surface area contributed by atoms with Crippen LogP contribution in [0.15, 0.2) is 29.2 Å². The van der Waals surface area contributed by atoms with E-state index in [1.807, 2.05) is 0 Å². The number of benzene rings is 1. The second-order valence-electron chi connectivity index (χ2n) is 3.64. The lowest BCUT2D eigenvalue weighted by molar-refractivity contribution is -0.136. The minimum Gasteiger partial charge on any atom is -0.361 e. The van der Waals surface area contributed by atoms with E-state index in [1.165, 1.54) is 4.72 Å². The van der Waals surface area contributed by atoms with Crippen molar-refractivity contribution in [3.63, 3.8) is 0 Å². The second kappa shape index (κ2) is 6.00. The van der Waals surface area contributed by atoms with Gasteiger partial charge in [0.1, 0.15) is 0 Å². The second-order valence-corrected chi connectivity index (χ2v) is 5.32. The highest BCUT2D eigenvalue weighted by Crippen LogP contribution is 2.13. The van der Waals surface area contributed by atoms with Crippen LogP contribution in [0, 0.1) is 0 Å². The minimum absolute atomic E-state index is 0.110. The Hall–Kier alpha value is -2.95. The zero-order chi connectivity index (χ0) is 16.2. The smallest absolute Gasteiger partial charge is 0.322 e. The quantitative estimate of drug-likeness (QED) is 0.444. The van der Waals surface area contributed by atoms with Gasteiger partial charge < -0.3 is 16.8 Å². The molecule has 4 amide bonds. The number of hydrogen-bond donors (Lipinski definition) is 4. The van der Waals surface area contributed by atoms with Crippen LogP contribution in [-0.2, 0) is 29.2 Å². The number of sulfonamides is 1. The van der Waals surface area contributed by atoms with E-state index in [4.69, 9.17) is 5.73 Å². The Morgan fingerprint density at radius 3 is 1.76 bits per heavy atom. The molecule has 0 heterocycles. The van der Waals surface area contributed by atoms with E-state index in [9.17, 15) is 27.6 Å². The van der Waals surface area contributed by atoms with Gasteiger partial charge in [-0.2, -0.15) is 0 Å². The molecule has 11 heteroatoms. The molecule has 0 aliphatic carbocycles. The van der Waals surface area contributed by atoms with Crippen molar-refractivity contribution in [2.45, 2.75) is 4.90 Å². The van der Waals surface area contributed by atoms with Gasteiger partial charge in [0, 0.05) is 5.69 Å². The summed E-state index contributed by atoms with van der Waals surface area (Å²) in [6, 6.07) is 4.38. The molecule has 10 nitrogen and oxygen atoms in total. The lowest BCUT2D eigenvalue weighted by Crippen LogP contribution is -2.39. The number of anilines is 1. The Bertz CT molecular complexity index is 710. The zero-order valence-corrected chi connectivity index (χ0v) is 11.1. The topological polar surface area (TPSA) is 179 Å². The van der Waals surface area contributed by atoms with Gasteiger partial charge in [-0.25, -0.2) is 13.1 Å². The van der Waals surface area contributed by atoms with Gasteiger partial charge in [0.25, 0.3) is 10.0 Å². The molecule has 112 valence electrons. The molecule has 1 rings (SSSR count). The molecule has 0 unspecified atom stereocenters. The molecule has 0 aliphatic heterocycles. The van der Waals surface area contributed by atoms with Gasteiger partial charge in [0.2, 0.25) is 0 Å². The summed E-state index contributed by atoms with van der Waals surface area (Å²) in [5.74, 6) is -5.22. The van der Waals surface area contributed by atoms with E-state index in [0.29, 0.717) is 0 Å². The van der Waals surface area contributed by atoms with Crippen molar-refractivity contribution in [3.8, 4) is 0 Å². The van der Waals surface area contributed by atoms with Gasteiger partial charge >= 0.3 is 23.6 Å². The van der Waals surface area contributed by atoms with Gasteiger partial charge in [-0.05, 0) is 24.3 Å². The first-order valence-electron chi connectivity index (χ1n) is 5.21. The molecule has 6 N–H and O–H groups in total. The maximum atomic E-state index is 11.7. The van der Waals surface area contributed by atoms with Crippen LogP contribution in [0.4, 0.5) is 5.69 Å². The van der Waals surface area contributed by atoms with Crippen molar-refractivity contribution >= 4 is 39.3 Å². The summed E-state index contributed by atoms with van der Waals surface area (Å²) in [5, 5.41) is 2.11. The molecule has 1 aromatic rings. The van der Waals surface area contributed by atoms with Crippen LogP contribution in [0.25, 0.3) is 0 Å². The van der Waals surface area contributed by atoms with E-state index in [1.54, 1.807) is 0 Å². The molecule has 0 aromatic heterocycles. The van der Waals surface area contributed by atoms with Crippen molar-refractivity contribution in [1.29, 1.82) is 0 Å². The van der Waals surface area contributed by atoms with Gasteiger partial charge in [-0.15, -0.1) is 0 Å². The van der Waals surface area contributed by atoms with Crippen LogP contribution >= 0.6 is 0 Å². The summed E-state index contributed by atoms with van der Waals surface area (Å²) in [7, 11) is -4.27. The summed E-state index contributed by atoms with van der Waals surface area (Å²) >= 11 is 0. The monoisotopic (exact) mass is 314 g/mol. The normalized spacial score (nSPS) is 10.5. The van der Waals surface area contributed by atoms with Crippen molar-refractivity contribution in [1.82, 2.24) is 4.72 Å². The third kappa shape index (κ3) is 4.28. The maximum absolute atomic E-state index is 11.7. The first kappa shape index (κ1) is 16.1. The third-order valence-corrected chi connectivity index (χ3v) is 3.44. The molecule has 1 aromatic carbocycles. The highest BCUT2D eigenvalue weighted by Gasteiger charge is 2.20. The van der Waals surface area contributed by atoms with Crippen LogP contribution < -0.4 is 21.5 Å². The molecule has 0 spiro atoms. The molecule has 0 fully saturated rings. The van der Waals surface area contributed by atoms with E-state index < -0.39 is 33.7 Å². The highest BCUT2D eigenvalue weighted by molar-refractivity contribution is 7.90. The molecular weight excluding hydrogens is 304 g/mol. The molecule has 0 aliphatic rings. The molecular formula is C10H10N4O6S. The third-order valence-electron chi connectivity index (χ3n) is 2.10. The van der Waals surface area contributed by atoms with Crippen molar-refractivity contribution in [2.75, 3.05) is 5.32 Å². The molecule has 0 bridgehead atoms. The first-order valence-corrected chi connectivity index (χ1v) is 6.69. The summed E-state index contributed by atoms with van der Waals surface area (Å²) in [4.78, 5) is 42.6. The summed E-state index contributed by atoms with van der Waals surface area (Å²) in [5.41, 5.74) is 9.46. The predicted molar refractivity (Wildman–Crippen MR) is 68.8 cm³/mol. The molecule has 0 saturated carbocycles. The van der Waals surface area contributed by atoms with Crippen LogP contribution in [0.3, 0.4) is 0 Å². The Labute approximate surface area is 118 Å². The lowest BCUT2D eigenvalue weighted by atomic mass is 10.3. The maximum Gasteiger partial charge on any atom is 0.322 e.